The number of ketones is 1. The average molecular weight is 125 g/mol. The SMILES string of the molecule is N[C@]12CC[C@H](CC1=O)C2. The van der Waals surface area contributed by atoms with E-state index in [-0.39, 0.29) is 5.54 Å². The third-order valence-electron chi connectivity index (χ3n) is 2.68. The molecule has 50 valence electrons. The number of hydrogen-bond donors (Lipinski definition) is 1. The Hall–Kier alpha value is -0.370. The molecule has 2 bridgehead atoms. The molecule has 0 amide bonds. The predicted octanol–water partition coefficient (Wildman–Crippen LogP) is 0.457. The van der Waals surface area contributed by atoms with Crippen LogP contribution < -0.4 is 5.73 Å². The minimum Gasteiger partial charge on any atom is -0.319 e. The van der Waals surface area contributed by atoms with Crippen molar-refractivity contribution < 1.29 is 4.79 Å². The van der Waals surface area contributed by atoms with Gasteiger partial charge in [-0.3, -0.25) is 4.79 Å². The number of fused-ring (bicyclic) bond motifs is 2. The molecule has 2 atom stereocenters. The first-order valence-electron chi connectivity index (χ1n) is 3.53. The maximum atomic E-state index is 11.0. The molecule has 0 aromatic carbocycles. The van der Waals surface area contributed by atoms with Crippen LogP contribution in [0.15, 0.2) is 0 Å². The minimum absolute atomic E-state index is 0.304. The zero-order valence-electron chi connectivity index (χ0n) is 5.39. The first-order chi connectivity index (χ1) is 4.21. The van der Waals surface area contributed by atoms with E-state index in [2.05, 4.69) is 0 Å². The first kappa shape index (κ1) is 5.42. The molecule has 9 heavy (non-hydrogen) atoms. The number of nitrogens with two attached hydrogens (primary N) is 1. The molecule has 2 heteroatoms. The molecule has 0 saturated heterocycles. The molecule has 2 nitrogen and oxygen atoms in total. The summed E-state index contributed by atoms with van der Waals surface area (Å²) in [6.07, 6.45) is 3.85. The number of hydrogen-bond acceptors (Lipinski definition) is 2. The Morgan fingerprint density at radius 1 is 1.67 bits per heavy atom. The van der Waals surface area contributed by atoms with E-state index in [1.54, 1.807) is 0 Å². The highest BCUT2D eigenvalue weighted by atomic mass is 16.1. The van der Waals surface area contributed by atoms with Gasteiger partial charge in [0.05, 0.1) is 5.54 Å². The third-order valence-corrected chi connectivity index (χ3v) is 2.68. The largest absolute Gasteiger partial charge is 0.319 e. The zero-order chi connectivity index (χ0) is 6.48. The molecule has 2 aliphatic rings. The highest BCUT2D eigenvalue weighted by Gasteiger charge is 2.48. The molecule has 2 fully saturated rings. The smallest absolute Gasteiger partial charge is 0.152 e. The standard InChI is InChI=1S/C7H11NO/c8-7-2-1-5(4-7)3-6(7)9/h5H,1-4,8H2/t5-,7+/m1/s1. The van der Waals surface area contributed by atoms with E-state index < -0.39 is 0 Å². The summed E-state index contributed by atoms with van der Waals surface area (Å²) in [7, 11) is 0. The van der Waals surface area contributed by atoms with Crippen molar-refractivity contribution in [2.24, 2.45) is 11.7 Å². The van der Waals surface area contributed by atoms with Crippen molar-refractivity contribution in [3.63, 3.8) is 0 Å². The van der Waals surface area contributed by atoms with Crippen LogP contribution in [-0.4, -0.2) is 11.3 Å². The Morgan fingerprint density at radius 2 is 2.44 bits per heavy atom. The van der Waals surface area contributed by atoms with Crippen molar-refractivity contribution in [1.29, 1.82) is 0 Å². The molecule has 0 aromatic rings. The second kappa shape index (κ2) is 1.37. The van der Waals surface area contributed by atoms with Crippen LogP contribution >= 0.6 is 0 Å². The molecule has 0 heterocycles. The molecular weight excluding hydrogens is 114 g/mol. The molecule has 0 aliphatic heterocycles. The summed E-state index contributed by atoms with van der Waals surface area (Å²) in [6, 6.07) is 0. The lowest BCUT2D eigenvalue weighted by molar-refractivity contribution is -0.122. The molecule has 2 saturated carbocycles. The van der Waals surface area contributed by atoms with Gasteiger partial charge in [0.15, 0.2) is 5.78 Å². The van der Waals surface area contributed by atoms with E-state index in [1.165, 1.54) is 6.42 Å². The maximum Gasteiger partial charge on any atom is 0.152 e. The summed E-state index contributed by atoms with van der Waals surface area (Å²) in [5.41, 5.74) is 5.42. The van der Waals surface area contributed by atoms with E-state index in [9.17, 15) is 4.79 Å². The summed E-state index contributed by atoms with van der Waals surface area (Å²) in [4.78, 5) is 11.0. The molecule has 0 spiro atoms. The van der Waals surface area contributed by atoms with Crippen LogP contribution in [0.3, 0.4) is 0 Å². The summed E-state index contributed by atoms with van der Waals surface area (Å²) < 4.78 is 0. The van der Waals surface area contributed by atoms with Crippen molar-refractivity contribution in [2.75, 3.05) is 0 Å². The molecule has 2 aliphatic carbocycles. The number of Topliss-reactive ketones (excluding diaryl/α,β-unsaturated/α-hetero) is 1. The van der Waals surface area contributed by atoms with Crippen LogP contribution in [0.2, 0.25) is 0 Å². The van der Waals surface area contributed by atoms with E-state index in [0.29, 0.717) is 11.7 Å². The van der Waals surface area contributed by atoms with Gasteiger partial charge in [0.1, 0.15) is 0 Å². The van der Waals surface area contributed by atoms with E-state index >= 15 is 0 Å². The Balaban J connectivity index is 2.32. The van der Waals surface area contributed by atoms with Gasteiger partial charge in [-0.05, 0) is 25.2 Å². The third kappa shape index (κ3) is 0.568. The van der Waals surface area contributed by atoms with Crippen LogP contribution in [0.25, 0.3) is 0 Å². The Bertz CT molecular complexity index is 166. The molecule has 0 aromatic heterocycles. The van der Waals surface area contributed by atoms with Gasteiger partial charge in [-0.25, -0.2) is 0 Å². The van der Waals surface area contributed by atoms with Crippen molar-refractivity contribution in [3.8, 4) is 0 Å². The summed E-state index contributed by atoms with van der Waals surface area (Å²) >= 11 is 0. The Labute approximate surface area is 54.4 Å². The first-order valence-corrected chi connectivity index (χ1v) is 3.53. The summed E-state index contributed by atoms with van der Waals surface area (Å²) in [5.74, 6) is 0.946. The van der Waals surface area contributed by atoms with Gasteiger partial charge in [-0.2, -0.15) is 0 Å². The van der Waals surface area contributed by atoms with Crippen molar-refractivity contribution >= 4 is 5.78 Å². The minimum atomic E-state index is -0.370. The monoisotopic (exact) mass is 125 g/mol. The van der Waals surface area contributed by atoms with Gasteiger partial charge in [0, 0.05) is 6.42 Å². The normalized spacial score (nSPS) is 48.6. The van der Waals surface area contributed by atoms with E-state index in [0.717, 1.165) is 19.3 Å². The maximum absolute atomic E-state index is 11.0. The number of carbonyl (C=O) groups is 1. The van der Waals surface area contributed by atoms with Gasteiger partial charge >= 0.3 is 0 Å². The molecule has 0 radical (unpaired) electrons. The Kier molecular flexibility index (Phi) is 0.826. The lowest BCUT2D eigenvalue weighted by Crippen LogP contribution is -2.42. The quantitative estimate of drug-likeness (QED) is 0.511. The van der Waals surface area contributed by atoms with Gasteiger partial charge in [-0.1, -0.05) is 0 Å². The number of carbonyl (C=O) groups excluding carboxylic acids is 1. The van der Waals surface area contributed by atoms with Gasteiger partial charge in [0.2, 0.25) is 0 Å². The molecular formula is C7H11NO. The van der Waals surface area contributed by atoms with Crippen molar-refractivity contribution in [3.05, 3.63) is 0 Å². The number of rotatable bonds is 0. The average Bonchev–Trinajstić information content (AvgIpc) is 2.22. The summed E-state index contributed by atoms with van der Waals surface area (Å²) in [5, 5.41) is 0. The van der Waals surface area contributed by atoms with Crippen LogP contribution in [0.1, 0.15) is 25.7 Å². The molecule has 0 unspecified atom stereocenters. The second-order valence-electron chi connectivity index (χ2n) is 3.39. The highest BCUT2D eigenvalue weighted by Crippen LogP contribution is 2.43. The lowest BCUT2D eigenvalue weighted by atomic mass is 9.94. The zero-order valence-corrected chi connectivity index (χ0v) is 5.39. The highest BCUT2D eigenvalue weighted by molar-refractivity contribution is 5.91. The van der Waals surface area contributed by atoms with Gasteiger partial charge in [0.25, 0.3) is 0 Å². The molecule has 2 N–H and O–H groups in total. The fraction of sp³-hybridized carbons (Fsp3) is 0.857. The fourth-order valence-corrected chi connectivity index (χ4v) is 2.07. The van der Waals surface area contributed by atoms with Gasteiger partial charge < -0.3 is 5.73 Å². The van der Waals surface area contributed by atoms with E-state index in [4.69, 9.17) is 5.73 Å². The van der Waals surface area contributed by atoms with Crippen LogP contribution in [0.5, 0.6) is 0 Å². The van der Waals surface area contributed by atoms with Crippen LogP contribution in [0, 0.1) is 5.92 Å². The fourth-order valence-electron chi connectivity index (χ4n) is 2.07. The predicted molar refractivity (Wildman–Crippen MR) is 33.9 cm³/mol. The van der Waals surface area contributed by atoms with Gasteiger partial charge in [-0.15, -0.1) is 0 Å². The summed E-state index contributed by atoms with van der Waals surface area (Å²) in [6.45, 7) is 0. The van der Waals surface area contributed by atoms with Crippen LogP contribution in [-0.2, 0) is 4.79 Å². The Morgan fingerprint density at radius 3 is 2.67 bits per heavy atom. The van der Waals surface area contributed by atoms with E-state index in [1.807, 2.05) is 0 Å². The lowest BCUT2D eigenvalue weighted by Gasteiger charge is -2.17. The van der Waals surface area contributed by atoms with Crippen molar-refractivity contribution in [2.45, 2.75) is 31.2 Å². The van der Waals surface area contributed by atoms with Crippen molar-refractivity contribution in [1.82, 2.24) is 0 Å². The van der Waals surface area contributed by atoms with Crippen LogP contribution in [0.4, 0.5) is 0 Å². The topological polar surface area (TPSA) is 43.1 Å². The second-order valence-corrected chi connectivity index (χ2v) is 3.39. The molecule has 2 rings (SSSR count).